The van der Waals surface area contributed by atoms with Gasteiger partial charge in [-0.2, -0.15) is 5.10 Å². The standard InChI is InChI=1S/C32H39N5O6/c1-8-42-27-15-23(30-29(31(39)41-7)21(5)34-32(40)35-30)10-12-26(27)43-17-28(38)36-33-16-24-14-20(4)37(22(24)6)25-11-9-18(2)13-19(25)3/h9-16,28,30,36,38H,8,17H2,1-7H3,(H2,34,35,40)/b33-16-/t28-,30+/m0/s1. The first-order valence-electron chi connectivity index (χ1n) is 14.0. The molecule has 2 amide bonds. The first kappa shape index (κ1) is 31.2. The van der Waals surface area contributed by atoms with Crippen LogP contribution in [0.15, 0.2) is 58.8 Å². The molecule has 0 saturated carbocycles. The Kier molecular flexibility index (Phi) is 9.77. The van der Waals surface area contributed by atoms with E-state index in [2.05, 4.69) is 57.8 Å². The number of nitrogens with one attached hydrogen (secondary N) is 3. The number of methoxy groups -OCH3 is 1. The van der Waals surface area contributed by atoms with Crippen LogP contribution in [0.5, 0.6) is 11.5 Å². The fourth-order valence-electron chi connectivity index (χ4n) is 5.16. The second-order valence-electron chi connectivity index (χ2n) is 10.4. The van der Waals surface area contributed by atoms with Crippen molar-refractivity contribution in [2.24, 2.45) is 5.10 Å². The Bertz CT molecular complexity index is 1570. The van der Waals surface area contributed by atoms with Crippen LogP contribution in [0.4, 0.5) is 4.79 Å². The zero-order valence-corrected chi connectivity index (χ0v) is 25.6. The summed E-state index contributed by atoms with van der Waals surface area (Å²) in [6.45, 7) is 12.0. The van der Waals surface area contributed by atoms with Gasteiger partial charge in [-0.25, -0.2) is 9.59 Å². The highest BCUT2D eigenvalue weighted by Crippen LogP contribution is 2.35. The van der Waals surface area contributed by atoms with Crippen LogP contribution in [0.2, 0.25) is 0 Å². The first-order chi connectivity index (χ1) is 20.5. The van der Waals surface area contributed by atoms with Crippen LogP contribution in [0.3, 0.4) is 0 Å². The van der Waals surface area contributed by atoms with Gasteiger partial charge in [0.1, 0.15) is 6.61 Å². The molecule has 0 radical (unpaired) electrons. The zero-order valence-electron chi connectivity index (χ0n) is 25.6. The highest BCUT2D eigenvalue weighted by Gasteiger charge is 2.32. The summed E-state index contributed by atoms with van der Waals surface area (Å²) < 4.78 is 18.7. The van der Waals surface area contributed by atoms with Crippen LogP contribution in [-0.4, -0.2) is 54.4 Å². The van der Waals surface area contributed by atoms with Crippen molar-refractivity contribution in [2.75, 3.05) is 20.3 Å². The molecule has 0 saturated heterocycles. The Morgan fingerprint density at radius 1 is 1.09 bits per heavy atom. The minimum atomic E-state index is -1.10. The number of carbonyl (C=O) groups excluding carboxylic acids is 2. The molecule has 228 valence electrons. The number of hydrogen-bond acceptors (Lipinski definition) is 8. The number of urea groups is 1. The number of esters is 1. The quantitative estimate of drug-likeness (QED) is 0.114. The van der Waals surface area contributed by atoms with Gasteiger partial charge in [0, 0.05) is 28.3 Å². The highest BCUT2D eigenvalue weighted by molar-refractivity contribution is 5.95. The summed E-state index contributed by atoms with van der Waals surface area (Å²) in [6, 6.07) is 12.3. The largest absolute Gasteiger partial charge is 0.490 e. The highest BCUT2D eigenvalue weighted by atomic mass is 16.5. The summed E-state index contributed by atoms with van der Waals surface area (Å²) in [4.78, 5) is 24.6. The minimum absolute atomic E-state index is 0.116. The molecular weight excluding hydrogens is 550 g/mol. The molecule has 3 aromatic rings. The number of allylic oxidation sites excluding steroid dienone is 1. The van der Waals surface area contributed by atoms with Gasteiger partial charge in [-0.3, -0.25) is 5.43 Å². The summed E-state index contributed by atoms with van der Waals surface area (Å²) in [5.41, 5.74) is 10.5. The molecule has 0 spiro atoms. The van der Waals surface area contributed by atoms with Gasteiger partial charge in [-0.1, -0.05) is 23.8 Å². The van der Waals surface area contributed by atoms with Crippen molar-refractivity contribution in [3.8, 4) is 17.2 Å². The molecule has 1 aromatic heterocycles. The van der Waals surface area contributed by atoms with E-state index in [1.165, 1.54) is 18.2 Å². The van der Waals surface area contributed by atoms with Crippen LogP contribution in [0, 0.1) is 27.7 Å². The Balaban J connectivity index is 1.44. The number of aliphatic hydroxyl groups is 1. The average molecular weight is 590 g/mol. The maximum atomic E-state index is 12.5. The number of benzene rings is 2. The summed E-state index contributed by atoms with van der Waals surface area (Å²) in [5, 5.41) is 20.1. The van der Waals surface area contributed by atoms with E-state index >= 15 is 0 Å². The summed E-state index contributed by atoms with van der Waals surface area (Å²) in [6.07, 6.45) is 0.571. The van der Waals surface area contributed by atoms with Crippen molar-refractivity contribution < 1.29 is 28.9 Å². The monoisotopic (exact) mass is 589 g/mol. The zero-order chi connectivity index (χ0) is 31.3. The number of nitrogens with zero attached hydrogens (tertiary/aromatic N) is 2. The first-order valence-corrected chi connectivity index (χ1v) is 14.0. The number of amides is 2. The third-order valence-corrected chi connectivity index (χ3v) is 7.16. The van der Waals surface area contributed by atoms with Gasteiger partial charge in [0.25, 0.3) is 0 Å². The molecule has 11 nitrogen and oxygen atoms in total. The smallest absolute Gasteiger partial charge is 0.337 e. The van der Waals surface area contributed by atoms with Gasteiger partial charge in [-0.05, 0) is 76.9 Å². The maximum Gasteiger partial charge on any atom is 0.337 e. The number of hydrazone groups is 1. The minimum Gasteiger partial charge on any atom is -0.490 e. The van der Waals surface area contributed by atoms with E-state index in [9.17, 15) is 14.7 Å². The summed E-state index contributed by atoms with van der Waals surface area (Å²) in [5.74, 6) is 0.215. The molecule has 1 aliphatic rings. The maximum absolute atomic E-state index is 12.5. The van der Waals surface area contributed by atoms with Gasteiger partial charge in [0.2, 0.25) is 0 Å². The molecule has 0 bridgehead atoms. The second-order valence-corrected chi connectivity index (χ2v) is 10.4. The lowest BCUT2D eigenvalue weighted by molar-refractivity contribution is -0.136. The third-order valence-electron chi connectivity index (χ3n) is 7.16. The molecular formula is C32H39N5O6. The molecule has 2 heterocycles. The van der Waals surface area contributed by atoms with Gasteiger partial charge in [0.05, 0.1) is 31.5 Å². The molecule has 4 rings (SSSR count). The number of carbonyl (C=O) groups is 2. The molecule has 4 N–H and O–H groups in total. The number of ether oxygens (including phenoxy) is 3. The number of hydrogen-bond donors (Lipinski definition) is 4. The number of aromatic nitrogens is 1. The number of rotatable bonds is 11. The van der Waals surface area contributed by atoms with Crippen LogP contribution < -0.4 is 25.5 Å². The third kappa shape index (κ3) is 7.00. The molecule has 0 aliphatic carbocycles. The van der Waals surface area contributed by atoms with Crippen molar-refractivity contribution in [1.82, 2.24) is 20.6 Å². The average Bonchev–Trinajstić information content (AvgIpc) is 3.24. The van der Waals surface area contributed by atoms with E-state index in [1.807, 2.05) is 26.8 Å². The molecule has 2 atom stereocenters. The summed E-state index contributed by atoms with van der Waals surface area (Å²) in [7, 11) is 1.28. The lowest BCUT2D eigenvalue weighted by atomic mass is 9.95. The van der Waals surface area contributed by atoms with Crippen molar-refractivity contribution >= 4 is 18.2 Å². The fraction of sp³-hybridized carbons (Fsp3) is 0.344. The van der Waals surface area contributed by atoms with Crippen molar-refractivity contribution in [2.45, 2.75) is 53.8 Å². The van der Waals surface area contributed by atoms with E-state index in [0.29, 0.717) is 29.4 Å². The van der Waals surface area contributed by atoms with E-state index in [-0.39, 0.29) is 12.2 Å². The Labute approximate surface area is 251 Å². The van der Waals surface area contributed by atoms with Gasteiger partial charge in [0.15, 0.2) is 17.7 Å². The summed E-state index contributed by atoms with van der Waals surface area (Å²) >= 11 is 0. The van der Waals surface area contributed by atoms with Gasteiger partial charge < -0.3 is 34.5 Å². The molecule has 2 aromatic carbocycles. The van der Waals surface area contributed by atoms with Crippen LogP contribution in [0.25, 0.3) is 5.69 Å². The predicted octanol–water partition coefficient (Wildman–Crippen LogP) is 4.23. The van der Waals surface area contributed by atoms with Gasteiger partial charge >= 0.3 is 12.0 Å². The normalized spacial score (nSPS) is 15.6. The fourth-order valence-corrected chi connectivity index (χ4v) is 5.16. The van der Waals surface area contributed by atoms with Crippen LogP contribution in [-0.2, 0) is 9.53 Å². The lowest BCUT2D eigenvalue weighted by Crippen LogP contribution is -2.45. The van der Waals surface area contributed by atoms with E-state index in [1.54, 1.807) is 31.3 Å². The molecule has 11 heteroatoms. The molecule has 0 fully saturated rings. The number of aliphatic hydroxyl groups excluding tert-OH is 1. The Morgan fingerprint density at radius 2 is 1.86 bits per heavy atom. The van der Waals surface area contributed by atoms with Crippen molar-refractivity contribution in [3.63, 3.8) is 0 Å². The Hall–Kier alpha value is -4.77. The molecule has 0 unspecified atom stereocenters. The van der Waals surface area contributed by atoms with Crippen molar-refractivity contribution in [1.29, 1.82) is 0 Å². The topological polar surface area (TPSA) is 135 Å². The molecule has 1 aliphatic heterocycles. The number of aryl methyl sites for hydroxylation is 3. The van der Waals surface area contributed by atoms with Crippen LogP contribution >= 0.6 is 0 Å². The predicted molar refractivity (Wildman–Crippen MR) is 164 cm³/mol. The molecule has 43 heavy (non-hydrogen) atoms. The van der Waals surface area contributed by atoms with E-state index < -0.39 is 24.3 Å². The van der Waals surface area contributed by atoms with Crippen LogP contribution in [0.1, 0.15) is 53.5 Å². The van der Waals surface area contributed by atoms with E-state index in [4.69, 9.17) is 14.2 Å². The SMILES string of the molecule is CCOc1cc([C@H]2NC(=O)NC(C)=C2C(=O)OC)ccc1OC[C@H](O)N/N=C\c1cc(C)n(-c2ccc(C)cc2C)c1C. The van der Waals surface area contributed by atoms with Gasteiger partial charge in [-0.15, -0.1) is 0 Å². The second kappa shape index (κ2) is 13.5. The lowest BCUT2D eigenvalue weighted by Gasteiger charge is -2.28. The Morgan fingerprint density at radius 3 is 2.56 bits per heavy atom. The van der Waals surface area contributed by atoms with Crippen molar-refractivity contribution in [3.05, 3.63) is 87.4 Å². The van der Waals surface area contributed by atoms with E-state index in [0.717, 1.165) is 22.6 Å².